The van der Waals surface area contributed by atoms with Crippen molar-refractivity contribution in [1.29, 1.82) is 0 Å². The monoisotopic (exact) mass is 314 g/mol. The van der Waals surface area contributed by atoms with Crippen molar-refractivity contribution < 1.29 is 4.57 Å². The highest BCUT2D eigenvalue weighted by Gasteiger charge is 2.48. The summed E-state index contributed by atoms with van der Waals surface area (Å²) in [6.45, 7) is 4.65. The molecular formula is C20H21BN3+. The minimum absolute atomic E-state index is 0.206. The van der Waals surface area contributed by atoms with Crippen LogP contribution in [0, 0.1) is 6.92 Å². The molecule has 1 aromatic heterocycles. The molecule has 2 heterocycles. The summed E-state index contributed by atoms with van der Waals surface area (Å²) in [5.41, 5.74) is 5.00. The largest absolute Gasteiger partial charge is 0.503 e. The predicted molar refractivity (Wildman–Crippen MR) is 101 cm³/mol. The van der Waals surface area contributed by atoms with Crippen LogP contribution in [0.2, 0.25) is 6.82 Å². The lowest BCUT2D eigenvalue weighted by Gasteiger charge is -2.22. The molecule has 2 aromatic carbocycles. The van der Waals surface area contributed by atoms with Gasteiger partial charge >= 0.3 is 6.98 Å². The summed E-state index contributed by atoms with van der Waals surface area (Å²) in [5, 5.41) is 0. The highest BCUT2D eigenvalue weighted by atomic mass is 15.3. The molecule has 4 rings (SSSR count). The van der Waals surface area contributed by atoms with E-state index in [1.165, 1.54) is 28.4 Å². The minimum atomic E-state index is 0.206. The van der Waals surface area contributed by atoms with E-state index in [0.29, 0.717) is 0 Å². The van der Waals surface area contributed by atoms with Gasteiger partial charge in [-0.2, -0.15) is 0 Å². The molecule has 0 bridgehead atoms. The number of pyridine rings is 1. The van der Waals surface area contributed by atoms with Crippen molar-refractivity contribution >= 4 is 29.9 Å². The van der Waals surface area contributed by atoms with Crippen molar-refractivity contribution in [3.05, 3.63) is 78.5 Å². The predicted octanol–water partition coefficient (Wildman–Crippen LogP) is 4.23. The van der Waals surface area contributed by atoms with E-state index in [9.17, 15) is 0 Å². The molecule has 0 aliphatic carbocycles. The Labute approximate surface area is 143 Å². The molecule has 0 spiro atoms. The second-order valence-corrected chi connectivity index (χ2v) is 6.32. The lowest BCUT2D eigenvalue weighted by atomic mass is 9.75. The first-order valence-electron chi connectivity index (χ1n) is 8.36. The maximum absolute atomic E-state index is 2.43. The fraction of sp³-hybridized carbons (Fsp3) is 0.150. The van der Waals surface area contributed by atoms with Gasteiger partial charge in [0.1, 0.15) is 11.4 Å². The topological polar surface area (TPSA) is 10.4 Å². The Balaban J connectivity index is 1.94. The molecule has 3 aromatic rings. The summed E-state index contributed by atoms with van der Waals surface area (Å²) in [4.78, 5) is 4.83. The van der Waals surface area contributed by atoms with Gasteiger partial charge in [0.2, 0.25) is 0 Å². The average Bonchev–Trinajstić information content (AvgIpc) is 2.89. The van der Waals surface area contributed by atoms with Crippen LogP contribution < -0.4 is 14.2 Å². The number of aryl methyl sites for hydroxylation is 2. The van der Waals surface area contributed by atoms with Gasteiger partial charge in [-0.3, -0.25) is 4.81 Å². The van der Waals surface area contributed by atoms with Crippen molar-refractivity contribution in [2.45, 2.75) is 13.7 Å². The second-order valence-electron chi connectivity index (χ2n) is 6.32. The summed E-state index contributed by atoms with van der Waals surface area (Å²) in [6, 6.07) is 23.5. The molecule has 24 heavy (non-hydrogen) atoms. The summed E-state index contributed by atoms with van der Waals surface area (Å²) in [6.07, 6.45) is 2.12. The van der Waals surface area contributed by atoms with Crippen LogP contribution in [-0.2, 0) is 7.05 Å². The number of benzene rings is 2. The molecule has 0 unspecified atom stereocenters. The Morgan fingerprint density at radius 3 is 2.21 bits per heavy atom. The maximum atomic E-state index is 2.43. The van der Waals surface area contributed by atoms with Crippen molar-refractivity contribution in [3.63, 3.8) is 0 Å². The molecule has 1 aliphatic rings. The van der Waals surface area contributed by atoms with E-state index in [1.54, 1.807) is 0 Å². The summed E-state index contributed by atoms with van der Waals surface area (Å²) < 4.78 is 2.21. The zero-order valence-corrected chi connectivity index (χ0v) is 14.3. The van der Waals surface area contributed by atoms with Gasteiger partial charge in [0.25, 0.3) is 5.82 Å². The van der Waals surface area contributed by atoms with Crippen molar-refractivity contribution in [2.24, 2.45) is 7.05 Å². The molecule has 1 aliphatic heterocycles. The van der Waals surface area contributed by atoms with E-state index < -0.39 is 0 Å². The molecule has 3 nitrogen and oxygen atoms in total. The zero-order valence-electron chi connectivity index (χ0n) is 14.3. The Hall–Kier alpha value is -2.75. The maximum Gasteiger partial charge on any atom is 0.503 e. The first-order chi connectivity index (χ1) is 11.7. The number of aromatic nitrogens is 1. The smallest absolute Gasteiger partial charge is 0.337 e. The Morgan fingerprint density at radius 2 is 1.46 bits per heavy atom. The van der Waals surface area contributed by atoms with Crippen LogP contribution >= 0.6 is 0 Å². The number of hydrogen-bond acceptors (Lipinski definition) is 2. The van der Waals surface area contributed by atoms with Gasteiger partial charge in [0.05, 0.1) is 13.2 Å². The van der Waals surface area contributed by atoms with Crippen molar-refractivity contribution in [2.75, 3.05) is 9.62 Å². The lowest BCUT2D eigenvalue weighted by Crippen LogP contribution is -2.43. The van der Waals surface area contributed by atoms with E-state index >= 15 is 0 Å². The van der Waals surface area contributed by atoms with Crippen LogP contribution in [0.1, 0.15) is 5.56 Å². The second kappa shape index (κ2) is 5.71. The van der Waals surface area contributed by atoms with Crippen LogP contribution in [0.5, 0.6) is 0 Å². The highest BCUT2D eigenvalue weighted by Crippen LogP contribution is 2.44. The quantitative estimate of drug-likeness (QED) is 0.518. The standard InChI is InChI=1S/C20H21BN3/c1-16-10-7-8-13-18(16)24-20-19(14-9-15-22(20)3)23(21(24)2)17-11-5-4-6-12-17/h4-15H,1-3H3/q+1. The third-order valence-corrected chi connectivity index (χ3v) is 4.77. The SMILES string of the molecule is CB1N(c2ccccc2)c2ccc[n+](C)c2N1c1ccccc1C. The van der Waals surface area contributed by atoms with E-state index in [-0.39, 0.29) is 6.98 Å². The van der Waals surface area contributed by atoms with Crippen LogP contribution in [0.4, 0.5) is 22.9 Å². The normalized spacial score (nSPS) is 13.4. The van der Waals surface area contributed by atoms with Gasteiger partial charge in [-0.25, -0.2) is 4.57 Å². The van der Waals surface area contributed by atoms with Gasteiger partial charge in [-0.05, 0) is 49.6 Å². The van der Waals surface area contributed by atoms with Crippen LogP contribution in [-0.4, -0.2) is 6.98 Å². The fourth-order valence-electron chi connectivity index (χ4n) is 3.66. The molecule has 0 amide bonds. The molecule has 4 heteroatoms. The zero-order chi connectivity index (χ0) is 16.7. The molecule has 0 saturated heterocycles. The Morgan fingerprint density at radius 1 is 0.792 bits per heavy atom. The van der Waals surface area contributed by atoms with Gasteiger partial charge in [-0.1, -0.05) is 36.4 Å². The van der Waals surface area contributed by atoms with Crippen molar-refractivity contribution in [1.82, 2.24) is 0 Å². The summed E-state index contributed by atoms with van der Waals surface area (Å²) >= 11 is 0. The first kappa shape index (κ1) is 14.8. The Bertz CT molecular complexity index is 879. The van der Waals surface area contributed by atoms with Crippen LogP contribution in [0.25, 0.3) is 0 Å². The minimum Gasteiger partial charge on any atom is -0.337 e. The molecule has 0 saturated carbocycles. The third-order valence-electron chi connectivity index (χ3n) is 4.77. The fourth-order valence-corrected chi connectivity index (χ4v) is 3.66. The number of rotatable bonds is 2. The molecule has 0 N–H and O–H groups in total. The average molecular weight is 314 g/mol. The number of hydrogen-bond donors (Lipinski definition) is 0. The molecular weight excluding hydrogens is 293 g/mol. The molecule has 118 valence electrons. The van der Waals surface area contributed by atoms with E-state index in [1.807, 2.05) is 0 Å². The number of fused-ring (bicyclic) bond motifs is 1. The third kappa shape index (κ3) is 2.18. The number of anilines is 4. The number of para-hydroxylation sites is 2. The van der Waals surface area contributed by atoms with Gasteiger partial charge < -0.3 is 4.81 Å². The van der Waals surface area contributed by atoms with Gasteiger partial charge in [-0.15, -0.1) is 0 Å². The van der Waals surface area contributed by atoms with E-state index in [0.717, 1.165) is 0 Å². The van der Waals surface area contributed by atoms with Gasteiger partial charge in [0.15, 0.2) is 0 Å². The van der Waals surface area contributed by atoms with E-state index in [4.69, 9.17) is 0 Å². The van der Waals surface area contributed by atoms with Crippen molar-refractivity contribution in [3.8, 4) is 0 Å². The lowest BCUT2D eigenvalue weighted by molar-refractivity contribution is -0.657. The summed E-state index contributed by atoms with van der Waals surface area (Å²) in [7, 11) is 2.12. The summed E-state index contributed by atoms with van der Waals surface area (Å²) in [5.74, 6) is 1.23. The first-order valence-corrected chi connectivity index (χ1v) is 8.36. The van der Waals surface area contributed by atoms with E-state index in [2.05, 4.69) is 108 Å². The molecule has 0 fully saturated rings. The van der Waals surface area contributed by atoms with Gasteiger partial charge in [0, 0.05) is 5.69 Å². The number of nitrogens with zero attached hydrogens (tertiary/aromatic N) is 3. The van der Waals surface area contributed by atoms with Crippen LogP contribution in [0.3, 0.4) is 0 Å². The molecule has 0 atom stereocenters. The Kier molecular flexibility index (Phi) is 3.53. The highest BCUT2D eigenvalue weighted by molar-refractivity contribution is 6.71. The molecule has 0 radical (unpaired) electrons. The van der Waals surface area contributed by atoms with Crippen LogP contribution in [0.15, 0.2) is 72.9 Å².